The van der Waals surface area contributed by atoms with E-state index >= 15 is 0 Å². The summed E-state index contributed by atoms with van der Waals surface area (Å²) < 4.78 is 3.69. The van der Waals surface area contributed by atoms with Gasteiger partial charge >= 0.3 is 0 Å². The SMILES string of the molecule is O=C(c1nc(-c2cccs2)n(-c2ccccc2)n1)N1CCCC1c1nnc2ccccn12. The Hall–Kier alpha value is -3.85. The normalized spacial score (nSPS) is 16.1. The Balaban J connectivity index is 1.40. The zero-order valence-corrected chi connectivity index (χ0v) is 17.9. The first-order valence-corrected chi connectivity index (χ1v) is 11.3. The molecule has 0 aliphatic carbocycles. The average Bonchev–Trinajstić information content (AvgIpc) is 3.63. The molecule has 1 atom stereocenters. The van der Waals surface area contributed by atoms with E-state index in [1.54, 1.807) is 16.0 Å². The van der Waals surface area contributed by atoms with Gasteiger partial charge in [-0.2, -0.15) is 0 Å². The molecule has 8 nitrogen and oxygen atoms in total. The van der Waals surface area contributed by atoms with Gasteiger partial charge in [-0.15, -0.1) is 26.6 Å². The van der Waals surface area contributed by atoms with Crippen LogP contribution in [-0.4, -0.2) is 46.7 Å². The number of fused-ring (bicyclic) bond motifs is 1. The van der Waals surface area contributed by atoms with Crippen LogP contribution in [0.4, 0.5) is 0 Å². The highest BCUT2D eigenvalue weighted by Crippen LogP contribution is 2.33. The van der Waals surface area contributed by atoms with Gasteiger partial charge in [-0.3, -0.25) is 9.20 Å². The first kappa shape index (κ1) is 18.9. The molecule has 0 radical (unpaired) electrons. The standard InChI is InChI=1S/C23H19N7OS/c31-23(28-14-6-10-17(28)21-26-25-19-12-4-5-13-29(19)21)20-24-22(18-11-7-15-32-18)30(27-20)16-8-2-1-3-9-16/h1-5,7-9,11-13,15,17H,6,10,14H2. The quantitative estimate of drug-likeness (QED) is 0.421. The number of carbonyl (C=O) groups excluding carboxylic acids is 1. The van der Waals surface area contributed by atoms with Gasteiger partial charge in [-0.1, -0.05) is 30.3 Å². The van der Waals surface area contributed by atoms with Crippen LogP contribution in [-0.2, 0) is 0 Å². The number of benzene rings is 1. The molecule has 0 saturated carbocycles. The predicted octanol–water partition coefficient (Wildman–Crippen LogP) is 4.02. The first-order valence-electron chi connectivity index (χ1n) is 10.5. The summed E-state index contributed by atoms with van der Waals surface area (Å²) in [5, 5.41) is 15.3. The lowest BCUT2D eigenvalue weighted by Gasteiger charge is -2.22. The molecule has 1 aromatic carbocycles. The summed E-state index contributed by atoms with van der Waals surface area (Å²) in [6.45, 7) is 0.638. The van der Waals surface area contributed by atoms with Crippen molar-refractivity contribution >= 4 is 22.9 Å². The summed E-state index contributed by atoms with van der Waals surface area (Å²) in [6, 6.07) is 19.4. The van der Waals surface area contributed by atoms with Crippen LogP contribution in [0.25, 0.3) is 22.0 Å². The van der Waals surface area contributed by atoms with Crippen molar-refractivity contribution in [2.24, 2.45) is 0 Å². The lowest BCUT2D eigenvalue weighted by molar-refractivity contribution is 0.0717. The monoisotopic (exact) mass is 441 g/mol. The smallest absolute Gasteiger partial charge is 0.294 e. The second kappa shape index (κ2) is 7.69. The Labute approximate surface area is 187 Å². The molecule has 4 aromatic heterocycles. The largest absolute Gasteiger partial charge is 0.326 e. The Morgan fingerprint density at radius 2 is 1.88 bits per heavy atom. The van der Waals surface area contributed by atoms with Crippen LogP contribution >= 0.6 is 11.3 Å². The van der Waals surface area contributed by atoms with Crippen LogP contribution in [0, 0.1) is 0 Å². The molecular weight excluding hydrogens is 422 g/mol. The lowest BCUT2D eigenvalue weighted by atomic mass is 10.2. The number of aromatic nitrogens is 6. The van der Waals surface area contributed by atoms with Crippen LogP contribution < -0.4 is 0 Å². The molecule has 5 heterocycles. The van der Waals surface area contributed by atoms with Gasteiger partial charge < -0.3 is 4.90 Å². The Kier molecular flexibility index (Phi) is 4.53. The second-order valence-corrected chi connectivity index (χ2v) is 8.57. The van der Waals surface area contributed by atoms with Crippen LogP contribution in [0.2, 0.25) is 0 Å². The van der Waals surface area contributed by atoms with Crippen LogP contribution in [0.15, 0.2) is 72.2 Å². The van der Waals surface area contributed by atoms with Gasteiger partial charge in [0.2, 0.25) is 5.82 Å². The Morgan fingerprint density at radius 1 is 1.00 bits per heavy atom. The zero-order chi connectivity index (χ0) is 21.5. The van der Waals surface area contributed by atoms with Gasteiger partial charge in [-0.25, -0.2) is 9.67 Å². The van der Waals surface area contributed by atoms with Crippen LogP contribution in [0.5, 0.6) is 0 Å². The molecule has 0 N–H and O–H groups in total. The number of hydrogen-bond donors (Lipinski definition) is 0. The van der Waals surface area contributed by atoms with Crippen molar-refractivity contribution in [3.8, 4) is 16.4 Å². The van der Waals surface area contributed by atoms with Crippen molar-refractivity contribution in [3.05, 3.63) is 83.9 Å². The minimum Gasteiger partial charge on any atom is -0.326 e. The number of hydrogen-bond acceptors (Lipinski definition) is 6. The van der Waals surface area contributed by atoms with E-state index in [9.17, 15) is 4.79 Å². The van der Waals surface area contributed by atoms with E-state index in [0.717, 1.165) is 34.9 Å². The topological polar surface area (TPSA) is 81.2 Å². The number of pyridine rings is 1. The Morgan fingerprint density at radius 3 is 2.72 bits per heavy atom. The van der Waals surface area contributed by atoms with Crippen molar-refractivity contribution < 1.29 is 4.79 Å². The van der Waals surface area contributed by atoms with Gasteiger partial charge in [0.15, 0.2) is 17.3 Å². The highest BCUT2D eigenvalue weighted by molar-refractivity contribution is 7.13. The minimum atomic E-state index is -0.187. The van der Waals surface area contributed by atoms with Gasteiger partial charge in [0.05, 0.1) is 16.6 Å². The summed E-state index contributed by atoms with van der Waals surface area (Å²) in [6.07, 6.45) is 3.66. The van der Waals surface area contributed by atoms with Crippen LogP contribution in [0.3, 0.4) is 0 Å². The van der Waals surface area contributed by atoms with Gasteiger partial charge in [0.25, 0.3) is 5.91 Å². The third-order valence-corrected chi connectivity index (χ3v) is 6.56. The fraction of sp³-hybridized carbons (Fsp3) is 0.174. The number of nitrogens with zero attached hydrogens (tertiary/aromatic N) is 7. The molecular formula is C23H19N7OS. The summed E-state index contributed by atoms with van der Waals surface area (Å²) >= 11 is 1.57. The molecule has 32 heavy (non-hydrogen) atoms. The summed E-state index contributed by atoms with van der Waals surface area (Å²) in [5.74, 6) is 1.44. The van der Waals surface area contributed by atoms with E-state index < -0.39 is 0 Å². The molecule has 1 unspecified atom stereocenters. The third kappa shape index (κ3) is 3.09. The van der Waals surface area contributed by atoms with E-state index in [0.29, 0.717) is 12.4 Å². The van der Waals surface area contributed by atoms with Crippen molar-refractivity contribution in [1.82, 2.24) is 34.3 Å². The van der Waals surface area contributed by atoms with E-state index in [1.807, 2.05) is 81.5 Å². The van der Waals surface area contributed by atoms with Crippen molar-refractivity contribution in [2.75, 3.05) is 6.54 Å². The molecule has 0 bridgehead atoms. The third-order valence-electron chi connectivity index (χ3n) is 5.69. The molecule has 1 aliphatic rings. The highest BCUT2D eigenvalue weighted by atomic mass is 32.1. The number of para-hydroxylation sites is 1. The van der Waals surface area contributed by atoms with Crippen molar-refractivity contribution in [3.63, 3.8) is 0 Å². The zero-order valence-electron chi connectivity index (χ0n) is 17.1. The number of likely N-dealkylation sites (tertiary alicyclic amines) is 1. The maximum absolute atomic E-state index is 13.6. The van der Waals surface area contributed by atoms with Gasteiger partial charge in [-0.05, 0) is 48.6 Å². The maximum Gasteiger partial charge on any atom is 0.294 e. The maximum atomic E-state index is 13.6. The molecule has 1 amide bonds. The molecule has 1 saturated heterocycles. The number of amides is 1. The molecule has 1 fully saturated rings. The fourth-order valence-electron chi connectivity index (χ4n) is 4.21. The summed E-state index contributed by atoms with van der Waals surface area (Å²) in [7, 11) is 0. The molecule has 5 aromatic rings. The average molecular weight is 442 g/mol. The lowest BCUT2D eigenvalue weighted by Crippen LogP contribution is -2.32. The number of rotatable bonds is 4. The molecule has 6 rings (SSSR count). The van der Waals surface area contributed by atoms with E-state index in [4.69, 9.17) is 0 Å². The van der Waals surface area contributed by atoms with Gasteiger partial charge in [0.1, 0.15) is 0 Å². The highest BCUT2D eigenvalue weighted by Gasteiger charge is 2.36. The molecule has 1 aliphatic heterocycles. The van der Waals surface area contributed by atoms with E-state index in [-0.39, 0.29) is 17.8 Å². The van der Waals surface area contributed by atoms with Crippen molar-refractivity contribution in [1.29, 1.82) is 0 Å². The molecule has 158 valence electrons. The first-order chi connectivity index (χ1) is 15.8. The van der Waals surface area contributed by atoms with E-state index in [2.05, 4.69) is 20.3 Å². The predicted molar refractivity (Wildman–Crippen MR) is 121 cm³/mol. The Bertz CT molecular complexity index is 1390. The van der Waals surface area contributed by atoms with Gasteiger partial charge in [0, 0.05) is 12.7 Å². The second-order valence-electron chi connectivity index (χ2n) is 7.63. The van der Waals surface area contributed by atoms with Crippen molar-refractivity contribution in [2.45, 2.75) is 18.9 Å². The van der Waals surface area contributed by atoms with Crippen LogP contribution in [0.1, 0.15) is 35.3 Å². The fourth-order valence-corrected chi connectivity index (χ4v) is 4.91. The molecule has 0 spiro atoms. The minimum absolute atomic E-state index is 0.159. The summed E-state index contributed by atoms with van der Waals surface area (Å²) in [4.78, 5) is 21.1. The number of carbonyl (C=O) groups is 1. The molecule has 9 heteroatoms. The summed E-state index contributed by atoms with van der Waals surface area (Å²) in [5.41, 5.74) is 1.64. The van der Waals surface area contributed by atoms with E-state index in [1.165, 1.54) is 0 Å². The number of thiophene rings is 1.